The van der Waals surface area contributed by atoms with Gasteiger partial charge in [-0.2, -0.15) is 0 Å². The number of hydrogen-bond acceptors (Lipinski definition) is 3. The van der Waals surface area contributed by atoms with Crippen LogP contribution in [0.25, 0.3) is 10.8 Å². The van der Waals surface area contributed by atoms with Gasteiger partial charge in [-0.15, -0.1) is 11.3 Å². The molecule has 0 N–H and O–H groups in total. The SMILES string of the molecule is Cc1ccsc1C(=O)N(C)Cc1cccc2cnccc12. The second kappa shape index (κ2) is 5.66. The van der Waals surface area contributed by atoms with Crippen LogP contribution in [0, 0.1) is 6.92 Å². The summed E-state index contributed by atoms with van der Waals surface area (Å²) in [6, 6.07) is 10.1. The Morgan fingerprint density at radius 3 is 2.90 bits per heavy atom. The molecule has 0 atom stereocenters. The van der Waals surface area contributed by atoms with E-state index in [0.717, 1.165) is 26.8 Å². The van der Waals surface area contributed by atoms with Gasteiger partial charge < -0.3 is 4.90 Å². The highest BCUT2D eigenvalue weighted by molar-refractivity contribution is 7.12. The van der Waals surface area contributed by atoms with E-state index in [4.69, 9.17) is 0 Å². The Hall–Kier alpha value is -2.20. The third-order valence-electron chi connectivity index (χ3n) is 3.58. The molecule has 0 aliphatic heterocycles. The third kappa shape index (κ3) is 2.67. The zero-order valence-corrected chi connectivity index (χ0v) is 12.9. The zero-order valence-electron chi connectivity index (χ0n) is 12.0. The first-order valence-electron chi connectivity index (χ1n) is 6.78. The van der Waals surface area contributed by atoms with Crippen LogP contribution in [0.4, 0.5) is 0 Å². The summed E-state index contributed by atoms with van der Waals surface area (Å²) in [6.45, 7) is 2.57. The monoisotopic (exact) mass is 296 g/mol. The molecule has 0 spiro atoms. The molecule has 3 nitrogen and oxygen atoms in total. The smallest absolute Gasteiger partial charge is 0.264 e. The van der Waals surface area contributed by atoms with Crippen molar-refractivity contribution >= 4 is 28.0 Å². The van der Waals surface area contributed by atoms with Gasteiger partial charge in [-0.25, -0.2) is 0 Å². The molecule has 4 heteroatoms. The molecule has 0 radical (unpaired) electrons. The van der Waals surface area contributed by atoms with E-state index in [-0.39, 0.29) is 5.91 Å². The highest BCUT2D eigenvalue weighted by atomic mass is 32.1. The average molecular weight is 296 g/mol. The molecule has 2 heterocycles. The van der Waals surface area contributed by atoms with Crippen molar-refractivity contribution in [3.05, 3.63) is 64.1 Å². The van der Waals surface area contributed by atoms with Gasteiger partial charge in [-0.3, -0.25) is 9.78 Å². The minimum absolute atomic E-state index is 0.0774. The number of amides is 1. The van der Waals surface area contributed by atoms with E-state index in [0.29, 0.717) is 6.54 Å². The largest absolute Gasteiger partial charge is 0.337 e. The van der Waals surface area contributed by atoms with Crippen molar-refractivity contribution in [2.45, 2.75) is 13.5 Å². The lowest BCUT2D eigenvalue weighted by Gasteiger charge is -2.18. The fourth-order valence-electron chi connectivity index (χ4n) is 2.42. The average Bonchev–Trinajstić information content (AvgIpc) is 2.93. The highest BCUT2D eigenvalue weighted by Gasteiger charge is 2.16. The summed E-state index contributed by atoms with van der Waals surface area (Å²) in [5.41, 5.74) is 2.18. The molecule has 106 valence electrons. The van der Waals surface area contributed by atoms with Crippen molar-refractivity contribution in [3.8, 4) is 0 Å². The molecule has 0 fully saturated rings. The summed E-state index contributed by atoms with van der Waals surface area (Å²) >= 11 is 1.50. The van der Waals surface area contributed by atoms with Gasteiger partial charge in [0.25, 0.3) is 5.91 Å². The first-order chi connectivity index (χ1) is 10.2. The predicted octanol–water partition coefficient (Wildman–Crippen LogP) is 3.88. The molecular weight excluding hydrogens is 280 g/mol. The minimum Gasteiger partial charge on any atom is -0.337 e. The topological polar surface area (TPSA) is 33.2 Å². The summed E-state index contributed by atoms with van der Waals surface area (Å²) in [6.07, 6.45) is 3.64. The third-order valence-corrected chi connectivity index (χ3v) is 4.59. The minimum atomic E-state index is 0.0774. The van der Waals surface area contributed by atoms with Crippen LogP contribution in [0.15, 0.2) is 48.1 Å². The van der Waals surface area contributed by atoms with Crippen molar-refractivity contribution in [1.82, 2.24) is 9.88 Å². The molecule has 1 aromatic carbocycles. The normalized spacial score (nSPS) is 10.8. The predicted molar refractivity (Wildman–Crippen MR) is 86.6 cm³/mol. The quantitative estimate of drug-likeness (QED) is 0.735. The van der Waals surface area contributed by atoms with E-state index in [1.54, 1.807) is 11.1 Å². The lowest BCUT2D eigenvalue weighted by Crippen LogP contribution is -2.26. The van der Waals surface area contributed by atoms with Crippen molar-refractivity contribution in [2.24, 2.45) is 0 Å². The van der Waals surface area contributed by atoms with Gasteiger partial charge in [0, 0.05) is 31.4 Å². The van der Waals surface area contributed by atoms with E-state index in [1.165, 1.54) is 11.3 Å². The molecule has 2 aromatic heterocycles. The zero-order chi connectivity index (χ0) is 14.8. The molecule has 0 saturated heterocycles. The first-order valence-corrected chi connectivity index (χ1v) is 7.66. The number of nitrogens with zero attached hydrogens (tertiary/aromatic N) is 2. The van der Waals surface area contributed by atoms with Gasteiger partial charge in [0.05, 0.1) is 4.88 Å². The number of rotatable bonds is 3. The fourth-order valence-corrected chi connectivity index (χ4v) is 3.34. The Morgan fingerprint density at radius 2 is 2.14 bits per heavy atom. The van der Waals surface area contributed by atoms with Crippen molar-refractivity contribution in [2.75, 3.05) is 7.05 Å². The van der Waals surface area contributed by atoms with Gasteiger partial charge in [0.15, 0.2) is 0 Å². The number of carbonyl (C=O) groups excluding carboxylic acids is 1. The number of aryl methyl sites for hydroxylation is 1. The lowest BCUT2D eigenvalue weighted by molar-refractivity contribution is 0.0790. The Kier molecular flexibility index (Phi) is 3.71. The van der Waals surface area contributed by atoms with Crippen LogP contribution in [0.2, 0.25) is 0 Å². The Morgan fingerprint density at radius 1 is 1.29 bits per heavy atom. The highest BCUT2D eigenvalue weighted by Crippen LogP contribution is 2.21. The Balaban J connectivity index is 1.88. The Bertz CT molecular complexity index is 789. The molecule has 0 aliphatic rings. The van der Waals surface area contributed by atoms with Crippen LogP contribution < -0.4 is 0 Å². The van der Waals surface area contributed by atoms with E-state index in [2.05, 4.69) is 11.1 Å². The summed E-state index contributed by atoms with van der Waals surface area (Å²) in [7, 11) is 1.85. The number of carbonyl (C=O) groups is 1. The van der Waals surface area contributed by atoms with Crippen LogP contribution in [0.5, 0.6) is 0 Å². The lowest BCUT2D eigenvalue weighted by atomic mass is 10.1. The van der Waals surface area contributed by atoms with Gasteiger partial charge in [-0.05, 0) is 40.9 Å². The molecule has 3 aromatic rings. The second-order valence-electron chi connectivity index (χ2n) is 5.11. The molecule has 0 aliphatic carbocycles. The number of benzene rings is 1. The molecule has 0 saturated carbocycles. The summed E-state index contributed by atoms with van der Waals surface area (Å²) in [4.78, 5) is 19.2. The number of pyridine rings is 1. The molecule has 1 amide bonds. The summed E-state index contributed by atoms with van der Waals surface area (Å²) in [5.74, 6) is 0.0774. The molecule has 21 heavy (non-hydrogen) atoms. The number of thiophene rings is 1. The van der Waals surface area contributed by atoms with Gasteiger partial charge >= 0.3 is 0 Å². The van der Waals surface area contributed by atoms with E-state index in [9.17, 15) is 4.79 Å². The molecule has 3 rings (SSSR count). The van der Waals surface area contributed by atoms with Crippen molar-refractivity contribution in [1.29, 1.82) is 0 Å². The summed E-state index contributed by atoms with van der Waals surface area (Å²) < 4.78 is 0. The van der Waals surface area contributed by atoms with E-state index in [1.807, 2.05) is 49.8 Å². The Labute approximate surface area is 127 Å². The van der Waals surface area contributed by atoms with E-state index < -0.39 is 0 Å². The maximum Gasteiger partial charge on any atom is 0.264 e. The van der Waals surface area contributed by atoms with Gasteiger partial charge in [-0.1, -0.05) is 18.2 Å². The van der Waals surface area contributed by atoms with Crippen LogP contribution >= 0.6 is 11.3 Å². The maximum atomic E-state index is 12.5. The maximum absolute atomic E-state index is 12.5. The number of aromatic nitrogens is 1. The van der Waals surface area contributed by atoms with Crippen LogP contribution in [0.1, 0.15) is 20.8 Å². The molecule has 0 unspecified atom stereocenters. The van der Waals surface area contributed by atoms with Crippen molar-refractivity contribution in [3.63, 3.8) is 0 Å². The second-order valence-corrected chi connectivity index (χ2v) is 6.02. The van der Waals surface area contributed by atoms with Gasteiger partial charge in [0.2, 0.25) is 0 Å². The number of hydrogen-bond donors (Lipinski definition) is 0. The van der Waals surface area contributed by atoms with E-state index >= 15 is 0 Å². The van der Waals surface area contributed by atoms with Crippen LogP contribution in [-0.2, 0) is 6.54 Å². The number of fused-ring (bicyclic) bond motifs is 1. The standard InChI is InChI=1S/C17H16N2OS/c1-12-7-9-21-16(12)17(20)19(2)11-14-5-3-4-13-10-18-8-6-15(13)14/h3-10H,11H2,1-2H3. The van der Waals surface area contributed by atoms with Crippen LogP contribution in [0.3, 0.4) is 0 Å². The van der Waals surface area contributed by atoms with Crippen LogP contribution in [-0.4, -0.2) is 22.8 Å². The fraction of sp³-hybridized carbons (Fsp3) is 0.176. The van der Waals surface area contributed by atoms with Gasteiger partial charge in [0.1, 0.15) is 0 Å². The molecular formula is C17H16N2OS. The van der Waals surface area contributed by atoms with Crippen molar-refractivity contribution < 1.29 is 4.79 Å². The summed E-state index contributed by atoms with van der Waals surface area (Å²) in [5, 5.41) is 4.21. The molecule has 0 bridgehead atoms. The first kappa shape index (κ1) is 13.8.